The lowest BCUT2D eigenvalue weighted by Gasteiger charge is -2.33. The van der Waals surface area contributed by atoms with E-state index < -0.39 is 10.0 Å². The smallest absolute Gasteiger partial charge is 0.214 e. The van der Waals surface area contributed by atoms with Crippen molar-refractivity contribution in [2.75, 3.05) is 18.8 Å². The fourth-order valence-electron chi connectivity index (χ4n) is 3.19. The van der Waals surface area contributed by atoms with Crippen molar-refractivity contribution in [1.29, 1.82) is 0 Å². The second-order valence-corrected chi connectivity index (χ2v) is 8.59. The Morgan fingerprint density at radius 3 is 2.48 bits per heavy atom. The summed E-state index contributed by atoms with van der Waals surface area (Å²) in [7, 11) is -3.10. The molecular formula is C18H29NO3S. The Balaban J connectivity index is 1.77. The monoisotopic (exact) mass is 339 g/mol. The molecule has 1 aromatic rings. The summed E-state index contributed by atoms with van der Waals surface area (Å²) in [4.78, 5) is 0. The van der Waals surface area contributed by atoms with Gasteiger partial charge in [-0.1, -0.05) is 43.7 Å². The van der Waals surface area contributed by atoms with Crippen LogP contribution in [0.1, 0.15) is 44.6 Å². The van der Waals surface area contributed by atoms with Crippen molar-refractivity contribution in [3.8, 4) is 0 Å². The molecule has 1 fully saturated rings. The van der Waals surface area contributed by atoms with E-state index in [1.54, 1.807) is 4.31 Å². The van der Waals surface area contributed by atoms with Crippen LogP contribution in [-0.2, 0) is 16.4 Å². The Labute approximate surface area is 140 Å². The van der Waals surface area contributed by atoms with Gasteiger partial charge in [-0.15, -0.1) is 0 Å². The minimum absolute atomic E-state index is 0.219. The van der Waals surface area contributed by atoms with Gasteiger partial charge in [-0.25, -0.2) is 12.7 Å². The van der Waals surface area contributed by atoms with Crippen molar-refractivity contribution < 1.29 is 13.5 Å². The Hall–Kier alpha value is -0.910. The molecule has 1 heterocycles. The maximum Gasteiger partial charge on any atom is 0.214 e. The summed E-state index contributed by atoms with van der Waals surface area (Å²) in [6.45, 7) is 3.11. The molecule has 1 N–H and O–H groups in total. The summed E-state index contributed by atoms with van der Waals surface area (Å²) < 4.78 is 26.0. The minimum Gasteiger partial charge on any atom is -0.393 e. The van der Waals surface area contributed by atoms with E-state index in [0.29, 0.717) is 13.1 Å². The molecule has 0 radical (unpaired) electrons. The lowest BCUT2D eigenvalue weighted by atomic mass is 9.89. The maximum atomic E-state index is 12.2. The molecule has 0 saturated carbocycles. The first-order valence-corrected chi connectivity index (χ1v) is 10.3. The zero-order chi connectivity index (χ0) is 16.7. The number of aliphatic hydroxyl groups excluding tert-OH is 1. The summed E-state index contributed by atoms with van der Waals surface area (Å²) in [6, 6.07) is 10.2. The predicted molar refractivity (Wildman–Crippen MR) is 93.8 cm³/mol. The lowest BCUT2D eigenvalue weighted by molar-refractivity contribution is 0.0695. The van der Waals surface area contributed by atoms with Crippen molar-refractivity contribution in [3.05, 3.63) is 35.9 Å². The zero-order valence-electron chi connectivity index (χ0n) is 14.0. The lowest BCUT2D eigenvalue weighted by Crippen LogP contribution is -2.42. The number of unbranched alkanes of at least 4 members (excludes halogenated alkanes) is 1. The molecule has 2 rings (SSSR count). The molecule has 1 aliphatic rings. The van der Waals surface area contributed by atoms with Crippen LogP contribution in [0.15, 0.2) is 30.3 Å². The third kappa shape index (κ3) is 5.59. The number of aliphatic hydroxyl groups is 1. The van der Waals surface area contributed by atoms with Crippen LogP contribution in [0.3, 0.4) is 0 Å². The Kier molecular flexibility index (Phi) is 7.06. The topological polar surface area (TPSA) is 57.6 Å². The molecule has 0 aliphatic carbocycles. The van der Waals surface area contributed by atoms with Crippen LogP contribution in [0.4, 0.5) is 0 Å². The molecule has 0 amide bonds. The highest BCUT2D eigenvalue weighted by molar-refractivity contribution is 7.89. The van der Waals surface area contributed by atoms with Crippen LogP contribution in [0.2, 0.25) is 0 Å². The molecule has 1 unspecified atom stereocenters. The molecule has 4 nitrogen and oxygen atoms in total. The van der Waals surface area contributed by atoms with E-state index in [0.717, 1.165) is 38.5 Å². The summed E-state index contributed by atoms with van der Waals surface area (Å²) in [6.07, 6.45) is 4.43. The number of aryl methyl sites for hydroxylation is 1. The molecular weight excluding hydrogens is 310 g/mol. The van der Waals surface area contributed by atoms with E-state index in [9.17, 15) is 13.5 Å². The summed E-state index contributed by atoms with van der Waals surface area (Å²) in [5.74, 6) is 0.474. The van der Waals surface area contributed by atoms with Crippen molar-refractivity contribution in [3.63, 3.8) is 0 Å². The first kappa shape index (κ1) is 18.4. The second-order valence-electron chi connectivity index (χ2n) is 6.50. The van der Waals surface area contributed by atoms with Gasteiger partial charge in [0.05, 0.1) is 11.9 Å². The predicted octanol–water partition coefficient (Wildman–Crippen LogP) is 2.82. The number of sulfonamides is 1. The van der Waals surface area contributed by atoms with Gasteiger partial charge in [-0.05, 0) is 43.6 Å². The highest BCUT2D eigenvalue weighted by atomic mass is 32.2. The number of hydrogen-bond donors (Lipinski definition) is 1. The Morgan fingerprint density at radius 2 is 1.87 bits per heavy atom. The van der Waals surface area contributed by atoms with Crippen LogP contribution in [0, 0.1) is 5.92 Å². The van der Waals surface area contributed by atoms with Gasteiger partial charge in [-0.2, -0.15) is 0 Å². The molecule has 0 aromatic heterocycles. The molecule has 23 heavy (non-hydrogen) atoms. The molecule has 1 atom stereocenters. The van der Waals surface area contributed by atoms with Crippen molar-refractivity contribution in [2.45, 2.75) is 51.6 Å². The average molecular weight is 340 g/mol. The van der Waals surface area contributed by atoms with E-state index in [2.05, 4.69) is 12.1 Å². The third-order valence-electron chi connectivity index (χ3n) is 4.76. The fourth-order valence-corrected chi connectivity index (χ4v) is 4.87. The van der Waals surface area contributed by atoms with Crippen molar-refractivity contribution >= 4 is 10.0 Å². The average Bonchev–Trinajstić information content (AvgIpc) is 2.59. The van der Waals surface area contributed by atoms with Gasteiger partial charge in [0, 0.05) is 13.1 Å². The van der Waals surface area contributed by atoms with Crippen molar-refractivity contribution in [1.82, 2.24) is 4.31 Å². The van der Waals surface area contributed by atoms with Gasteiger partial charge in [0.1, 0.15) is 0 Å². The standard InChI is InChI=1S/C18H29NO3S/c1-2-3-15-23(21,22)19-13-11-17(12-14-19)18(20)10-9-16-7-5-4-6-8-16/h4-8,17-18,20H,2-3,9-15H2,1H3. The molecule has 1 saturated heterocycles. The van der Waals surface area contributed by atoms with Crippen molar-refractivity contribution in [2.24, 2.45) is 5.92 Å². The number of rotatable bonds is 8. The number of piperidine rings is 1. The summed E-state index contributed by atoms with van der Waals surface area (Å²) in [5, 5.41) is 10.4. The quantitative estimate of drug-likeness (QED) is 0.792. The fraction of sp³-hybridized carbons (Fsp3) is 0.667. The van der Waals surface area contributed by atoms with E-state index >= 15 is 0 Å². The van der Waals surface area contributed by atoms with Gasteiger partial charge in [0.2, 0.25) is 10.0 Å². The normalized spacial score (nSPS) is 18.9. The Bertz CT molecular complexity index is 551. The van der Waals surface area contributed by atoms with Crippen LogP contribution < -0.4 is 0 Å². The SMILES string of the molecule is CCCCS(=O)(=O)N1CCC(C(O)CCc2ccccc2)CC1. The van der Waals surface area contributed by atoms with Gasteiger partial charge in [-0.3, -0.25) is 0 Å². The van der Waals surface area contributed by atoms with E-state index in [1.165, 1.54) is 5.56 Å². The minimum atomic E-state index is -3.10. The highest BCUT2D eigenvalue weighted by Crippen LogP contribution is 2.25. The van der Waals surface area contributed by atoms with Crippen LogP contribution in [-0.4, -0.2) is 42.8 Å². The largest absolute Gasteiger partial charge is 0.393 e. The van der Waals surface area contributed by atoms with E-state index in [1.807, 2.05) is 25.1 Å². The summed E-state index contributed by atoms with van der Waals surface area (Å²) >= 11 is 0. The van der Waals surface area contributed by atoms with Crippen LogP contribution >= 0.6 is 0 Å². The first-order valence-electron chi connectivity index (χ1n) is 8.72. The molecule has 0 bridgehead atoms. The highest BCUT2D eigenvalue weighted by Gasteiger charge is 2.30. The molecule has 1 aromatic carbocycles. The number of benzene rings is 1. The van der Waals surface area contributed by atoms with Crippen LogP contribution in [0.25, 0.3) is 0 Å². The molecule has 1 aliphatic heterocycles. The maximum absolute atomic E-state index is 12.2. The van der Waals surface area contributed by atoms with Gasteiger partial charge < -0.3 is 5.11 Å². The second kappa shape index (κ2) is 8.81. The third-order valence-corrected chi connectivity index (χ3v) is 6.72. The van der Waals surface area contributed by atoms with E-state index in [-0.39, 0.29) is 17.8 Å². The van der Waals surface area contributed by atoms with Gasteiger partial charge in [0.25, 0.3) is 0 Å². The molecule has 130 valence electrons. The molecule has 0 spiro atoms. The van der Waals surface area contributed by atoms with Gasteiger partial charge in [0.15, 0.2) is 0 Å². The van der Waals surface area contributed by atoms with E-state index in [4.69, 9.17) is 0 Å². The zero-order valence-corrected chi connectivity index (χ0v) is 14.8. The van der Waals surface area contributed by atoms with Gasteiger partial charge >= 0.3 is 0 Å². The number of nitrogens with zero attached hydrogens (tertiary/aromatic N) is 1. The summed E-state index contributed by atoms with van der Waals surface area (Å²) in [5.41, 5.74) is 1.24. The first-order chi connectivity index (χ1) is 11.0. The van der Waals surface area contributed by atoms with Crippen LogP contribution in [0.5, 0.6) is 0 Å². The Morgan fingerprint density at radius 1 is 1.22 bits per heavy atom. The number of hydrogen-bond acceptors (Lipinski definition) is 3. The molecule has 5 heteroatoms.